The number of amides is 2. The lowest BCUT2D eigenvalue weighted by Gasteiger charge is -2.24. The zero-order chi connectivity index (χ0) is 19.6. The van der Waals surface area contributed by atoms with Gasteiger partial charge >= 0.3 is 0 Å². The van der Waals surface area contributed by atoms with Gasteiger partial charge in [0.25, 0.3) is 5.91 Å². The Labute approximate surface area is 156 Å². The molecule has 1 N–H and O–H groups in total. The van der Waals surface area contributed by atoms with E-state index >= 15 is 0 Å². The first-order valence-corrected chi connectivity index (χ1v) is 8.95. The molecule has 10 heteroatoms. The van der Waals surface area contributed by atoms with Crippen LogP contribution in [0.1, 0.15) is 36.3 Å². The third-order valence-corrected chi connectivity index (χ3v) is 4.33. The predicted octanol–water partition coefficient (Wildman–Crippen LogP) is 0.560. The largest absolute Gasteiger partial charge is 0.348 e. The van der Waals surface area contributed by atoms with Crippen LogP contribution in [0.5, 0.6) is 0 Å². The lowest BCUT2D eigenvalue weighted by atomic mass is 10.2. The Morgan fingerprint density at radius 2 is 2.11 bits per heavy atom. The summed E-state index contributed by atoms with van der Waals surface area (Å²) in [6.07, 6.45) is 4.12. The van der Waals surface area contributed by atoms with Crippen LogP contribution in [0.25, 0.3) is 0 Å². The van der Waals surface area contributed by atoms with Crippen LogP contribution in [-0.4, -0.2) is 66.3 Å². The SMILES string of the molecule is Cc1cnn(CC(=O)N2CC(F)CC2Cn2cc(C(=O)NC(C)C)nn2)c1. The van der Waals surface area contributed by atoms with Gasteiger partial charge in [-0.25, -0.2) is 9.07 Å². The zero-order valence-corrected chi connectivity index (χ0v) is 15.7. The summed E-state index contributed by atoms with van der Waals surface area (Å²) < 4.78 is 17.0. The molecule has 2 aromatic rings. The van der Waals surface area contributed by atoms with Crippen molar-refractivity contribution in [2.24, 2.45) is 0 Å². The van der Waals surface area contributed by atoms with Gasteiger partial charge in [0.2, 0.25) is 5.91 Å². The molecule has 2 atom stereocenters. The highest BCUT2D eigenvalue weighted by atomic mass is 19.1. The first-order valence-electron chi connectivity index (χ1n) is 8.95. The van der Waals surface area contributed by atoms with E-state index in [2.05, 4.69) is 20.7 Å². The van der Waals surface area contributed by atoms with Crippen molar-refractivity contribution < 1.29 is 14.0 Å². The first kappa shape index (κ1) is 19.0. The van der Waals surface area contributed by atoms with Gasteiger partial charge in [0.1, 0.15) is 12.7 Å². The molecule has 9 nitrogen and oxygen atoms in total. The lowest BCUT2D eigenvalue weighted by molar-refractivity contribution is -0.133. The monoisotopic (exact) mass is 377 g/mol. The summed E-state index contributed by atoms with van der Waals surface area (Å²) in [7, 11) is 0. The number of nitrogens with zero attached hydrogens (tertiary/aromatic N) is 6. The van der Waals surface area contributed by atoms with Gasteiger partial charge in [-0.1, -0.05) is 5.21 Å². The van der Waals surface area contributed by atoms with Gasteiger partial charge in [-0.15, -0.1) is 5.10 Å². The normalized spacial score (nSPS) is 19.7. The number of alkyl halides is 1. The van der Waals surface area contributed by atoms with Crippen LogP contribution in [0.2, 0.25) is 0 Å². The average Bonchev–Trinajstić information content (AvgIpc) is 3.28. The maximum absolute atomic E-state index is 14.0. The molecular formula is C17H24FN7O2. The summed E-state index contributed by atoms with van der Waals surface area (Å²) in [4.78, 5) is 26.1. The van der Waals surface area contributed by atoms with Crippen molar-refractivity contribution in [1.29, 1.82) is 0 Å². The van der Waals surface area contributed by atoms with Crippen LogP contribution >= 0.6 is 0 Å². The van der Waals surface area contributed by atoms with Gasteiger partial charge in [0, 0.05) is 18.7 Å². The molecule has 0 spiro atoms. The summed E-state index contributed by atoms with van der Waals surface area (Å²) in [5, 5.41) is 14.6. The van der Waals surface area contributed by atoms with Crippen molar-refractivity contribution in [3.8, 4) is 0 Å². The third-order valence-electron chi connectivity index (χ3n) is 4.33. The third kappa shape index (κ3) is 4.69. The Morgan fingerprint density at radius 3 is 2.78 bits per heavy atom. The van der Waals surface area contributed by atoms with Crippen molar-refractivity contribution in [2.45, 2.75) is 58.5 Å². The number of aromatic nitrogens is 5. The average molecular weight is 377 g/mol. The summed E-state index contributed by atoms with van der Waals surface area (Å²) in [6, 6.07) is -0.351. The molecule has 0 aliphatic carbocycles. The molecule has 3 rings (SSSR count). The molecule has 1 aliphatic heterocycles. The summed E-state index contributed by atoms with van der Waals surface area (Å²) in [5.74, 6) is -0.505. The fourth-order valence-corrected chi connectivity index (χ4v) is 3.16. The van der Waals surface area contributed by atoms with Gasteiger partial charge in [0.05, 0.1) is 31.5 Å². The van der Waals surface area contributed by atoms with E-state index in [-0.39, 0.29) is 55.6 Å². The van der Waals surface area contributed by atoms with Crippen molar-refractivity contribution in [2.75, 3.05) is 6.54 Å². The number of halogens is 1. The minimum atomic E-state index is -1.08. The molecular weight excluding hydrogens is 353 g/mol. The summed E-state index contributed by atoms with van der Waals surface area (Å²) >= 11 is 0. The number of hydrogen-bond donors (Lipinski definition) is 1. The second kappa shape index (κ2) is 7.85. The van der Waals surface area contributed by atoms with E-state index in [1.54, 1.807) is 17.1 Å². The number of likely N-dealkylation sites (tertiary alicyclic amines) is 1. The molecule has 2 amide bonds. The molecule has 1 saturated heterocycles. The highest BCUT2D eigenvalue weighted by molar-refractivity contribution is 5.91. The maximum Gasteiger partial charge on any atom is 0.273 e. The Kier molecular flexibility index (Phi) is 5.52. The Bertz CT molecular complexity index is 816. The van der Waals surface area contributed by atoms with Gasteiger partial charge in [-0.05, 0) is 26.3 Å². The fourth-order valence-electron chi connectivity index (χ4n) is 3.16. The van der Waals surface area contributed by atoms with Crippen LogP contribution in [0.15, 0.2) is 18.6 Å². The highest BCUT2D eigenvalue weighted by Gasteiger charge is 2.35. The second-order valence-electron chi connectivity index (χ2n) is 7.20. The molecule has 0 radical (unpaired) electrons. The van der Waals surface area contributed by atoms with Gasteiger partial charge in [0.15, 0.2) is 5.69 Å². The van der Waals surface area contributed by atoms with E-state index in [0.717, 1.165) is 5.56 Å². The molecule has 2 aromatic heterocycles. The van der Waals surface area contributed by atoms with Gasteiger partial charge in [-0.3, -0.25) is 14.3 Å². The van der Waals surface area contributed by atoms with Gasteiger partial charge in [-0.2, -0.15) is 5.10 Å². The topological polar surface area (TPSA) is 97.9 Å². The number of nitrogens with one attached hydrogen (secondary N) is 1. The fraction of sp³-hybridized carbons (Fsp3) is 0.588. The van der Waals surface area contributed by atoms with Crippen LogP contribution in [-0.2, 0) is 17.9 Å². The van der Waals surface area contributed by atoms with Crippen molar-refractivity contribution in [1.82, 2.24) is 35.0 Å². The standard InChI is InChI=1S/C17H24FN7O2/c1-11(2)20-17(27)15-9-24(22-21-15)8-14-4-13(18)7-25(14)16(26)10-23-6-12(3)5-19-23/h5-6,9,11,13-14H,4,7-8,10H2,1-3H3,(H,20,27). The predicted molar refractivity (Wildman–Crippen MR) is 94.6 cm³/mol. The number of carbonyl (C=O) groups is 2. The molecule has 2 unspecified atom stereocenters. The van der Waals surface area contributed by atoms with Crippen LogP contribution in [0.3, 0.4) is 0 Å². The summed E-state index contributed by atoms with van der Waals surface area (Å²) in [5.41, 5.74) is 1.15. The quantitative estimate of drug-likeness (QED) is 0.793. The molecule has 27 heavy (non-hydrogen) atoms. The smallest absolute Gasteiger partial charge is 0.273 e. The van der Waals surface area contributed by atoms with Gasteiger partial charge < -0.3 is 10.2 Å². The second-order valence-corrected chi connectivity index (χ2v) is 7.20. The number of rotatable bonds is 6. The number of aryl methyl sites for hydroxylation is 1. The zero-order valence-electron chi connectivity index (χ0n) is 15.7. The number of hydrogen-bond acceptors (Lipinski definition) is 5. The van der Waals surface area contributed by atoms with E-state index < -0.39 is 6.17 Å². The molecule has 1 aliphatic rings. The van der Waals surface area contributed by atoms with Crippen LogP contribution in [0.4, 0.5) is 4.39 Å². The Morgan fingerprint density at radius 1 is 1.33 bits per heavy atom. The highest BCUT2D eigenvalue weighted by Crippen LogP contribution is 2.22. The molecule has 0 aromatic carbocycles. The number of carbonyl (C=O) groups excluding carboxylic acids is 2. The minimum absolute atomic E-state index is 0.0103. The molecule has 1 fully saturated rings. The van der Waals surface area contributed by atoms with E-state index in [9.17, 15) is 14.0 Å². The van der Waals surface area contributed by atoms with Crippen molar-refractivity contribution in [3.05, 3.63) is 29.8 Å². The van der Waals surface area contributed by atoms with Crippen LogP contribution in [0, 0.1) is 6.92 Å². The molecule has 146 valence electrons. The molecule has 0 bridgehead atoms. The minimum Gasteiger partial charge on any atom is -0.348 e. The Balaban J connectivity index is 1.65. The molecule has 3 heterocycles. The maximum atomic E-state index is 14.0. The van der Waals surface area contributed by atoms with E-state index in [1.165, 1.54) is 15.8 Å². The van der Waals surface area contributed by atoms with Crippen molar-refractivity contribution in [3.63, 3.8) is 0 Å². The lowest BCUT2D eigenvalue weighted by Crippen LogP contribution is -2.40. The van der Waals surface area contributed by atoms with Crippen LogP contribution < -0.4 is 5.32 Å². The molecule has 0 saturated carbocycles. The first-order chi connectivity index (χ1) is 12.8. The van der Waals surface area contributed by atoms with E-state index in [0.29, 0.717) is 0 Å². The summed E-state index contributed by atoms with van der Waals surface area (Å²) in [6.45, 7) is 6.00. The van der Waals surface area contributed by atoms with Crippen molar-refractivity contribution >= 4 is 11.8 Å². The Hall–Kier alpha value is -2.78. The van der Waals surface area contributed by atoms with E-state index in [4.69, 9.17) is 0 Å². The van der Waals surface area contributed by atoms with E-state index in [1.807, 2.05) is 20.8 Å².